The van der Waals surface area contributed by atoms with Crippen LogP contribution in [-0.2, 0) is 6.54 Å². The molecule has 1 aliphatic rings. The maximum Gasteiger partial charge on any atom is 0.123 e. The average Bonchev–Trinajstić information content (AvgIpc) is 2.39. The molecule has 2 unspecified atom stereocenters. The lowest BCUT2D eigenvalue weighted by atomic mass is 9.79. The highest BCUT2D eigenvalue weighted by molar-refractivity contribution is 5.15. The minimum Gasteiger partial charge on any atom is -0.396 e. The second kappa shape index (κ2) is 6.86. The molecule has 3 heteroatoms. The lowest BCUT2D eigenvalue weighted by Crippen LogP contribution is -2.32. The summed E-state index contributed by atoms with van der Waals surface area (Å²) < 4.78 is 13.0. The van der Waals surface area contributed by atoms with Crippen molar-refractivity contribution in [3.63, 3.8) is 0 Å². The summed E-state index contributed by atoms with van der Waals surface area (Å²) in [6.45, 7) is 1.92. The molecule has 2 N–H and O–H groups in total. The molecular weight excluding hydrogens is 229 g/mol. The average molecular weight is 251 g/mol. The van der Waals surface area contributed by atoms with E-state index >= 15 is 0 Å². The van der Waals surface area contributed by atoms with E-state index in [-0.39, 0.29) is 5.82 Å². The topological polar surface area (TPSA) is 32.3 Å². The molecule has 1 fully saturated rings. The summed E-state index contributed by atoms with van der Waals surface area (Å²) in [4.78, 5) is 0. The van der Waals surface area contributed by atoms with E-state index in [1.165, 1.54) is 25.3 Å². The molecule has 2 nitrogen and oxygen atoms in total. The first-order chi connectivity index (χ1) is 8.79. The molecule has 1 aromatic carbocycles. The zero-order valence-corrected chi connectivity index (χ0v) is 10.7. The first kappa shape index (κ1) is 13.5. The lowest BCUT2D eigenvalue weighted by molar-refractivity contribution is 0.133. The fourth-order valence-corrected chi connectivity index (χ4v) is 2.84. The van der Waals surface area contributed by atoms with E-state index in [1.807, 2.05) is 6.07 Å². The SMILES string of the molecule is OCC1CCCCC1CNCc1cccc(F)c1. The Bertz CT molecular complexity index is 369. The second-order valence-corrected chi connectivity index (χ2v) is 5.25. The molecule has 1 aliphatic carbocycles. The number of halogens is 1. The molecule has 1 aromatic rings. The van der Waals surface area contributed by atoms with Crippen LogP contribution in [0.5, 0.6) is 0 Å². The molecule has 0 radical (unpaired) electrons. The van der Waals surface area contributed by atoms with Gasteiger partial charge in [0.25, 0.3) is 0 Å². The van der Waals surface area contributed by atoms with Crippen LogP contribution in [0.1, 0.15) is 31.2 Å². The Hall–Kier alpha value is -0.930. The maximum absolute atomic E-state index is 13.0. The van der Waals surface area contributed by atoms with Gasteiger partial charge in [-0.05, 0) is 48.9 Å². The van der Waals surface area contributed by atoms with Gasteiger partial charge in [-0.3, -0.25) is 0 Å². The molecule has 2 atom stereocenters. The number of hydrogen-bond acceptors (Lipinski definition) is 2. The number of nitrogens with one attached hydrogen (secondary N) is 1. The van der Waals surface area contributed by atoms with E-state index < -0.39 is 0 Å². The summed E-state index contributed by atoms with van der Waals surface area (Å²) in [6.07, 6.45) is 4.85. The van der Waals surface area contributed by atoms with Crippen molar-refractivity contribution >= 4 is 0 Å². The molecule has 0 aliphatic heterocycles. The van der Waals surface area contributed by atoms with Gasteiger partial charge in [0, 0.05) is 13.2 Å². The van der Waals surface area contributed by atoms with Gasteiger partial charge < -0.3 is 10.4 Å². The molecular formula is C15H22FNO. The molecule has 0 spiro atoms. The molecule has 0 bridgehead atoms. The Morgan fingerprint density at radius 3 is 2.72 bits per heavy atom. The van der Waals surface area contributed by atoms with Crippen LogP contribution in [0.4, 0.5) is 4.39 Å². The smallest absolute Gasteiger partial charge is 0.123 e. The second-order valence-electron chi connectivity index (χ2n) is 5.25. The van der Waals surface area contributed by atoms with Gasteiger partial charge in [0.2, 0.25) is 0 Å². The Labute approximate surface area is 108 Å². The molecule has 0 heterocycles. The third-order valence-electron chi connectivity index (χ3n) is 3.93. The van der Waals surface area contributed by atoms with Crippen molar-refractivity contribution in [1.82, 2.24) is 5.32 Å². The maximum atomic E-state index is 13.0. The zero-order chi connectivity index (χ0) is 12.8. The Morgan fingerprint density at radius 2 is 2.00 bits per heavy atom. The van der Waals surface area contributed by atoms with Gasteiger partial charge in [-0.15, -0.1) is 0 Å². The van der Waals surface area contributed by atoms with Gasteiger partial charge in [0.1, 0.15) is 5.82 Å². The van der Waals surface area contributed by atoms with Crippen molar-refractivity contribution in [2.75, 3.05) is 13.2 Å². The Balaban J connectivity index is 1.77. The predicted octanol–water partition coefficient (Wildman–Crippen LogP) is 2.71. The lowest BCUT2D eigenvalue weighted by Gasteiger charge is -2.30. The number of hydrogen-bond donors (Lipinski definition) is 2. The van der Waals surface area contributed by atoms with E-state index in [4.69, 9.17) is 0 Å². The van der Waals surface area contributed by atoms with Gasteiger partial charge in [-0.1, -0.05) is 25.0 Å². The van der Waals surface area contributed by atoms with Crippen LogP contribution < -0.4 is 5.32 Å². The standard InChI is InChI=1S/C15H22FNO/c16-15-7-3-4-12(8-15)9-17-10-13-5-1-2-6-14(13)11-18/h3-4,7-8,13-14,17-18H,1-2,5-6,9-11H2. The van der Waals surface area contributed by atoms with E-state index in [0.717, 1.165) is 18.5 Å². The molecule has 0 saturated heterocycles. The van der Waals surface area contributed by atoms with Crippen molar-refractivity contribution in [3.05, 3.63) is 35.6 Å². The number of benzene rings is 1. The molecule has 18 heavy (non-hydrogen) atoms. The van der Waals surface area contributed by atoms with Crippen molar-refractivity contribution in [1.29, 1.82) is 0 Å². The van der Waals surface area contributed by atoms with Crippen LogP contribution >= 0.6 is 0 Å². The van der Waals surface area contributed by atoms with Crippen molar-refractivity contribution in [3.8, 4) is 0 Å². The van der Waals surface area contributed by atoms with Crippen LogP contribution in [0.2, 0.25) is 0 Å². The highest BCUT2D eigenvalue weighted by Gasteiger charge is 2.23. The first-order valence-electron chi connectivity index (χ1n) is 6.85. The van der Waals surface area contributed by atoms with Crippen molar-refractivity contribution < 1.29 is 9.50 Å². The Kier molecular flexibility index (Phi) is 5.14. The largest absolute Gasteiger partial charge is 0.396 e. The highest BCUT2D eigenvalue weighted by Crippen LogP contribution is 2.29. The fraction of sp³-hybridized carbons (Fsp3) is 0.600. The minimum atomic E-state index is -0.180. The highest BCUT2D eigenvalue weighted by atomic mass is 19.1. The van der Waals surface area contributed by atoms with Crippen LogP contribution in [0, 0.1) is 17.7 Å². The van der Waals surface area contributed by atoms with Crippen molar-refractivity contribution in [2.24, 2.45) is 11.8 Å². The van der Waals surface area contributed by atoms with Crippen LogP contribution in [-0.4, -0.2) is 18.3 Å². The molecule has 0 aromatic heterocycles. The normalized spacial score (nSPS) is 24.1. The van der Waals surface area contributed by atoms with Crippen LogP contribution in [0.25, 0.3) is 0 Å². The summed E-state index contributed by atoms with van der Waals surface area (Å²) in [5, 5.41) is 12.7. The fourth-order valence-electron chi connectivity index (χ4n) is 2.84. The van der Waals surface area contributed by atoms with Gasteiger partial charge >= 0.3 is 0 Å². The third kappa shape index (κ3) is 3.79. The van der Waals surface area contributed by atoms with Gasteiger partial charge in [-0.25, -0.2) is 4.39 Å². The van der Waals surface area contributed by atoms with Crippen LogP contribution in [0.3, 0.4) is 0 Å². The first-order valence-corrected chi connectivity index (χ1v) is 6.85. The van der Waals surface area contributed by atoms with E-state index in [2.05, 4.69) is 5.32 Å². The number of aliphatic hydroxyl groups is 1. The van der Waals surface area contributed by atoms with E-state index in [1.54, 1.807) is 12.1 Å². The van der Waals surface area contributed by atoms with Crippen molar-refractivity contribution in [2.45, 2.75) is 32.2 Å². The predicted molar refractivity (Wildman–Crippen MR) is 70.6 cm³/mol. The summed E-state index contributed by atoms with van der Waals surface area (Å²) >= 11 is 0. The quantitative estimate of drug-likeness (QED) is 0.843. The third-order valence-corrected chi connectivity index (χ3v) is 3.93. The zero-order valence-electron chi connectivity index (χ0n) is 10.7. The number of rotatable bonds is 5. The number of aliphatic hydroxyl groups excluding tert-OH is 1. The Morgan fingerprint density at radius 1 is 1.22 bits per heavy atom. The van der Waals surface area contributed by atoms with Gasteiger partial charge in [0.05, 0.1) is 0 Å². The summed E-state index contributed by atoms with van der Waals surface area (Å²) in [6, 6.07) is 6.70. The minimum absolute atomic E-state index is 0.180. The molecule has 0 amide bonds. The summed E-state index contributed by atoms with van der Waals surface area (Å²) in [5.41, 5.74) is 0.978. The van der Waals surface area contributed by atoms with Crippen LogP contribution in [0.15, 0.2) is 24.3 Å². The molecule has 2 rings (SSSR count). The molecule has 1 saturated carbocycles. The van der Waals surface area contributed by atoms with Gasteiger partial charge in [0.15, 0.2) is 0 Å². The summed E-state index contributed by atoms with van der Waals surface area (Å²) in [7, 11) is 0. The van der Waals surface area contributed by atoms with E-state index in [0.29, 0.717) is 25.0 Å². The summed E-state index contributed by atoms with van der Waals surface area (Å²) in [5.74, 6) is 0.830. The van der Waals surface area contributed by atoms with E-state index in [9.17, 15) is 9.50 Å². The van der Waals surface area contributed by atoms with Gasteiger partial charge in [-0.2, -0.15) is 0 Å². The molecule has 100 valence electrons. The monoisotopic (exact) mass is 251 g/mol.